The number of amides is 1. The zero-order chi connectivity index (χ0) is 13.1. The van der Waals surface area contributed by atoms with Gasteiger partial charge in [-0.15, -0.1) is 11.3 Å². The molecule has 0 radical (unpaired) electrons. The van der Waals surface area contributed by atoms with Crippen molar-refractivity contribution in [3.05, 3.63) is 40.2 Å². The summed E-state index contributed by atoms with van der Waals surface area (Å²) < 4.78 is 5.31. The van der Waals surface area contributed by atoms with Crippen molar-refractivity contribution in [3.63, 3.8) is 0 Å². The molecule has 96 valence electrons. The molecule has 0 N–H and O–H groups in total. The Hall–Kier alpha value is -1.62. The third-order valence-corrected chi connectivity index (χ3v) is 3.75. The number of nitrogens with zero attached hydrogens (tertiary/aromatic N) is 2. The molecule has 0 saturated carbocycles. The molecule has 4 nitrogen and oxygen atoms in total. The molecule has 0 aliphatic rings. The minimum Gasteiger partial charge on any atom is -0.467 e. The maximum Gasteiger partial charge on any atom is 0.228 e. The van der Waals surface area contributed by atoms with Gasteiger partial charge in [-0.1, -0.05) is 0 Å². The van der Waals surface area contributed by atoms with Gasteiger partial charge in [0.2, 0.25) is 5.91 Å². The van der Waals surface area contributed by atoms with Crippen LogP contribution in [0.5, 0.6) is 0 Å². The second-order valence-electron chi connectivity index (χ2n) is 4.23. The fraction of sp³-hybridized carbons (Fsp3) is 0.385. The van der Waals surface area contributed by atoms with E-state index in [1.807, 2.05) is 31.4 Å². The van der Waals surface area contributed by atoms with Crippen molar-refractivity contribution in [2.45, 2.75) is 26.3 Å². The molecule has 2 aromatic rings. The first kappa shape index (κ1) is 12.8. The van der Waals surface area contributed by atoms with Gasteiger partial charge in [-0.3, -0.25) is 4.79 Å². The van der Waals surface area contributed by atoms with Crippen LogP contribution in [-0.2, 0) is 11.2 Å². The van der Waals surface area contributed by atoms with Crippen LogP contribution in [0.2, 0.25) is 0 Å². The molecule has 0 saturated heterocycles. The Kier molecular flexibility index (Phi) is 3.81. The molecule has 5 heteroatoms. The average molecular weight is 264 g/mol. The lowest BCUT2D eigenvalue weighted by Crippen LogP contribution is -2.30. The zero-order valence-corrected chi connectivity index (χ0v) is 11.5. The van der Waals surface area contributed by atoms with Crippen LogP contribution in [0, 0.1) is 6.92 Å². The fourth-order valence-corrected chi connectivity index (χ4v) is 2.32. The van der Waals surface area contributed by atoms with E-state index >= 15 is 0 Å². The number of hydrogen-bond acceptors (Lipinski definition) is 4. The van der Waals surface area contributed by atoms with Gasteiger partial charge in [0.05, 0.1) is 29.4 Å². The first-order valence-corrected chi connectivity index (χ1v) is 6.66. The summed E-state index contributed by atoms with van der Waals surface area (Å²) in [6, 6.07) is 3.64. The van der Waals surface area contributed by atoms with Crippen molar-refractivity contribution in [1.29, 1.82) is 0 Å². The molecule has 0 fully saturated rings. The summed E-state index contributed by atoms with van der Waals surface area (Å²) in [5.41, 5.74) is 0.834. The fourth-order valence-electron chi connectivity index (χ4n) is 1.70. The summed E-state index contributed by atoms with van der Waals surface area (Å²) in [6.07, 6.45) is 1.96. The number of aromatic nitrogens is 1. The predicted molar refractivity (Wildman–Crippen MR) is 70.4 cm³/mol. The number of carbonyl (C=O) groups excluding carboxylic acids is 1. The van der Waals surface area contributed by atoms with Crippen LogP contribution in [0.3, 0.4) is 0 Å². The van der Waals surface area contributed by atoms with Crippen molar-refractivity contribution in [1.82, 2.24) is 9.88 Å². The van der Waals surface area contributed by atoms with Crippen LogP contribution in [0.25, 0.3) is 0 Å². The van der Waals surface area contributed by atoms with Crippen molar-refractivity contribution in [2.75, 3.05) is 7.05 Å². The van der Waals surface area contributed by atoms with E-state index in [-0.39, 0.29) is 11.9 Å². The molecule has 1 unspecified atom stereocenters. The maximum atomic E-state index is 12.1. The van der Waals surface area contributed by atoms with Gasteiger partial charge in [-0.05, 0) is 26.0 Å². The number of rotatable bonds is 4. The van der Waals surface area contributed by atoms with Crippen LogP contribution in [0.15, 0.2) is 28.2 Å². The van der Waals surface area contributed by atoms with Crippen molar-refractivity contribution >= 4 is 17.2 Å². The van der Waals surface area contributed by atoms with Crippen LogP contribution >= 0.6 is 11.3 Å². The number of carbonyl (C=O) groups is 1. The normalized spacial score (nSPS) is 12.4. The van der Waals surface area contributed by atoms with Crippen molar-refractivity contribution < 1.29 is 9.21 Å². The predicted octanol–water partition coefficient (Wildman–Crippen LogP) is 2.81. The molecule has 0 bridgehead atoms. The molecule has 2 rings (SSSR count). The van der Waals surface area contributed by atoms with E-state index in [1.165, 1.54) is 0 Å². The van der Waals surface area contributed by atoms with Gasteiger partial charge < -0.3 is 9.32 Å². The summed E-state index contributed by atoms with van der Waals surface area (Å²) in [7, 11) is 1.79. The van der Waals surface area contributed by atoms with E-state index in [4.69, 9.17) is 4.42 Å². The van der Waals surface area contributed by atoms with Gasteiger partial charge >= 0.3 is 0 Å². The van der Waals surface area contributed by atoms with Gasteiger partial charge in [0.15, 0.2) is 0 Å². The first-order valence-electron chi connectivity index (χ1n) is 5.78. The lowest BCUT2D eigenvalue weighted by atomic mass is 10.2. The van der Waals surface area contributed by atoms with Gasteiger partial charge in [-0.25, -0.2) is 4.98 Å². The monoisotopic (exact) mass is 264 g/mol. The van der Waals surface area contributed by atoms with Crippen molar-refractivity contribution in [2.24, 2.45) is 0 Å². The van der Waals surface area contributed by atoms with E-state index in [2.05, 4.69) is 4.98 Å². The molecule has 2 heterocycles. The minimum atomic E-state index is -0.0627. The highest BCUT2D eigenvalue weighted by molar-refractivity contribution is 7.09. The molecule has 1 atom stereocenters. The summed E-state index contributed by atoms with van der Waals surface area (Å²) >= 11 is 1.56. The standard InChI is InChI=1S/C13H16N2O2S/c1-9(12-5-4-6-17-12)15(3)13(16)7-11-8-18-10(2)14-11/h4-6,8-9H,7H2,1-3H3. The largest absolute Gasteiger partial charge is 0.467 e. The summed E-state index contributed by atoms with van der Waals surface area (Å²) in [5, 5.41) is 2.91. The van der Waals surface area contributed by atoms with E-state index in [1.54, 1.807) is 29.5 Å². The molecule has 0 spiro atoms. The Bertz CT molecular complexity index is 519. The summed E-state index contributed by atoms with van der Waals surface area (Å²) in [6.45, 7) is 3.89. The maximum absolute atomic E-state index is 12.1. The smallest absolute Gasteiger partial charge is 0.228 e. The number of likely N-dealkylation sites (N-methyl/N-ethyl adjacent to an activating group) is 1. The molecule has 2 aromatic heterocycles. The zero-order valence-electron chi connectivity index (χ0n) is 10.7. The van der Waals surface area contributed by atoms with Crippen LogP contribution < -0.4 is 0 Å². The van der Waals surface area contributed by atoms with Gasteiger partial charge in [0.1, 0.15) is 5.76 Å². The number of hydrogen-bond donors (Lipinski definition) is 0. The molecule has 0 aliphatic carbocycles. The Morgan fingerprint density at radius 3 is 2.94 bits per heavy atom. The number of furan rings is 1. The van der Waals surface area contributed by atoms with E-state index in [0.717, 1.165) is 16.5 Å². The molecule has 1 amide bonds. The van der Waals surface area contributed by atoms with Crippen LogP contribution in [0.4, 0.5) is 0 Å². The Morgan fingerprint density at radius 1 is 1.61 bits per heavy atom. The van der Waals surface area contributed by atoms with E-state index in [9.17, 15) is 4.79 Å². The number of aryl methyl sites for hydroxylation is 1. The second-order valence-corrected chi connectivity index (χ2v) is 5.29. The molecule has 0 aliphatic heterocycles. The minimum absolute atomic E-state index is 0.0456. The summed E-state index contributed by atoms with van der Waals surface area (Å²) in [5.74, 6) is 0.838. The highest BCUT2D eigenvalue weighted by Crippen LogP contribution is 2.20. The molecule has 0 aromatic carbocycles. The third kappa shape index (κ3) is 2.79. The van der Waals surface area contributed by atoms with E-state index in [0.29, 0.717) is 6.42 Å². The lowest BCUT2D eigenvalue weighted by molar-refractivity contribution is -0.131. The number of thiazole rings is 1. The Balaban J connectivity index is 2.00. The summed E-state index contributed by atoms with van der Waals surface area (Å²) in [4.78, 5) is 18.1. The van der Waals surface area contributed by atoms with Gasteiger partial charge in [0, 0.05) is 12.4 Å². The molecular weight excluding hydrogens is 248 g/mol. The van der Waals surface area contributed by atoms with Crippen molar-refractivity contribution in [3.8, 4) is 0 Å². The topological polar surface area (TPSA) is 46.3 Å². The van der Waals surface area contributed by atoms with Crippen LogP contribution in [0.1, 0.15) is 29.4 Å². The SMILES string of the molecule is Cc1nc(CC(=O)N(C)C(C)c2ccco2)cs1. The van der Waals surface area contributed by atoms with Crippen LogP contribution in [-0.4, -0.2) is 22.8 Å². The second kappa shape index (κ2) is 5.35. The molecule has 18 heavy (non-hydrogen) atoms. The van der Waals surface area contributed by atoms with Gasteiger partial charge in [0.25, 0.3) is 0 Å². The Labute approximate surface area is 110 Å². The van der Waals surface area contributed by atoms with Gasteiger partial charge in [-0.2, -0.15) is 0 Å². The third-order valence-electron chi connectivity index (χ3n) is 2.93. The lowest BCUT2D eigenvalue weighted by Gasteiger charge is -2.22. The van der Waals surface area contributed by atoms with E-state index < -0.39 is 0 Å². The highest BCUT2D eigenvalue weighted by Gasteiger charge is 2.20. The average Bonchev–Trinajstić information content (AvgIpc) is 2.98. The first-order chi connectivity index (χ1) is 8.58. The highest BCUT2D eigenvalue weighted by atomic mass is 32.1. The quantitative estimate of drug-likeness (QED) is 0.853. The molecular formula is C13H16N2O2S. The Morgan fingerprint density at radius 2 is 2.39 bits per heavy atom.